The molecule has 0 aliphatic carbocycles. The molecule has 4 aromatic rings. The molecule has 0 radical (unpaired) electrons. The van der Waals surface area contributed by atoms with E-state index in [4.69, 9.17) is 4.74 Å². The van der Waals surface area contributed by atoms with Crippen LogP contribution in [0.2, 0.25) is 0 Å². The number of halogens is 7. The lowest BCUT2D eigenvalue weighted by molar-refractivity contribution is -0.396. The van der Waals surface area contributed by atoms with Gasteiger partial charge in [-0.05, 0) is 13.8 Å². The van der Waals surface area contributed by atoms with Crippen molar-refractivity contribution < 1.29 is 55.2 Å². The quantitative estimate of drug-likeness (QED) is 0.120. The molecular weight excluding hydrogens is 669 g/mol. The monoisotopic (exact) mass is 684 g/mol. The smallest absolute Gasteiger partial charge is 0.420 e. The third-order valence-corrected chi connectivity index (χ3v) is 5.14. The number of rotatable bonds is 6. The van der Waals surface area contributed by atoms with Crippen molar-refractivity contribution >= 4 is 22.7 Å². The number of non-ortho nitro benzene ring substituents is 2. The van der Waals surface area contributed by atoms with E-state index in [0.717, 1.165) is 5.69 Å². The zero-order valence-electron chi connectivity index (χ0n) is 22.9. The number of ether oxygens (including phenoxy) is 1. The van der Waals surface area contributed by atoms with Gasteiger partial charge in [0.05, 0.1) is 31.8 Å². The summed E-state index contributed by atoms with van der Waals surface area (Å²) in [5.74, 6) is -3.65. The van der Waals surface area contributed by atoms with Gasteiger partial charge in [0.15, 0.2) is 0 Å². The lowest BCUT2D eigenvalue weighted by atomic mass is 10.1. The Morgan fingerprint density at radius 2 is 1.17 bits per heavy atom. The molecule has 2 aromatic heterocycles. The molecule has 25 heteroatoms. The predicted octanol–water partition coefficient (Wildman–Crippen LogP) is 6.02. The second-order valence-corrected chi connectivity index (χ2v) is 8.62. The van der Waals surface area contributed by atoms with Crippen LogP contribution in [0.15, 0.2) is 41.2 Å². The van der Waals surface area contributed by atoms with Gasteiger partial charge >= 0.3 is 23.7 Å². The van der Waals surface area contributed by atoms with Crippen LogP contribution in [-0.2, 0) is 12.4 Å². The van der Waals surface area contributed by atoms with E-state index in [9.17, 15) is 76.0 Å². The molecule has 0 fully saturated rings. The first-order valence-electron chi connectivity index (χ1n) is 11.7. The van der Waals surface area contributed by atoms with Crippen LogP contribution in [0.1, 0.15) is 22.5 Å². The standard InChI is InChI=1S/C11H7F3N4O5.C7H2F4N2O4.C4H6N2O/c1-5-2-9(16-15-5)23-10-7(11(12,13)14)3-6(17(19)20)4-8(10)18(21)22;8-6-4(7(9,10)11)1-3(12(14)15)2-5(6)13(16)17;1-3-2-4(7)6-5-3/h2-4H,1H3,(H,15,16);1-2H;2H,1H3,(H2,5,6,7). The molecule has 4 rings (SSSR count). The van der Waals surface area contributed by atoms with E-state index < -0.39 is 77.5 Å². The molecule has 2 heterocycles. The Balaban J connectivity index is 0.000000279. The third kappa shape index (κ3) is 9.78. The van der Waals surface area contributed by atoms with Crippen LogP contribution in [0, 0.1) is 60.1 Å². The summed E-state index contributed by atoms with van der Waals surface area (Å²) in [6, 6.07) is 3.31. The summed E-state index contributed by atoms with van der Waals surface area (Å²) in [6.07, 6.45) is -10.3. The molecule has 0 atom stereocenters. The number of hydrogen-bond donors (Lipinski definition) is 3. The van der Waals surface area contributed by atoms with Gasteiger partial charge in [0.1, 0.15) is 11.1 Å². The van der Waals surface area contributed by atoms with Gasteiger partial charge in [-0.3, -0.25) is 55.4 Å². The van der Waals surface area contributed by atoms with Crippen molar-refractivity contribution in [1.29, 1.82) is 0 Å². The molecule has 18 nitrogen and oxygen atoms in total. The summed E-state index contributed by atoms with van der Waals surface area (Å²) in [4.78, 5) is 47.3. The second-order valence-electron chi connectivity index (χ2n) is 8.62. The summed E-state index contributed by atoms with van der Waals surface area (Å²) in [5, 5.41) is 53.1. The summed E-state index contributed by atoms with van der Waals surface area (Å²) < 4.78 is 94.0. The molecule has 0 saturated heterocycles. The number of nitro groups is 4. The molecule has 0 unspecified atom stereocenters. The molecule has 0 aliphatic heterocycles. The summed E-state index contributed by atoms with van der Waals surface area (Å²) >= 11 is 0. The molecule has 3 N–H and O–H groups in total. The summed E-state index contributed by atoms with van der Waals surface area (Å²) in [7, 11) is 0. The predicted molar refractivity (Wildman–Crippen MR) is 139 cm³/mol. The van der Waals surface area contributed by atoms with Crippen LogP contribution in [0.3, 0.4) is 0 Å². The van der Waals surface area contributed by atoms with E-state index in [1.54, 1.807) is 0 Å². The number of aryl methyl sites for hydroxylation is 2. The SMILES string of the molecule is Cc1cc(=O)[nH][nH]1.Cc1cc(Oc2c([N+](=O)[O-])cc([N+](=O)[O-])cc2C(F)(F)F)n[nH]1.O=[N+]([O-])c1cc([N+](=O)[O-])c(F)c(C(F)(F)F)c1. The van der Waals surface area contributed by atoms with Crippen molar-refractivity contribution in [3.05, 3.63) is 116 Å². The number of H-pyrrole nitrogens is 3. The van der Waals surface area contributed by atoms with Crippen molar-refractivity contribution in [1.82, 2.24) is 20.4 Å². The normalized spacial score (nSPS) is 11.0. The molecule has 252 valence electrons. The van der Waals surface area contributed by atoms with E-state index >= 15 is 0 Å². The van der Waals surface area contributed by atoms with E-state index in [1.165, 1.54) is 19.1 Å². The van der Waals surface area contributed by atoms with Crippen molar-refractivity contribution in [3.63, 3.8) is 0 Å². The van der Waals surface area contributed by atoms with Gasteiger partial charge in [-0.25, -0.2) is 0 Å². The van der Waals surface area contributed by atoms with Crippen molar-refractivity contribution in [2.24, 2.45) is 0 Å². The molecule has 47 heavy (non-hydrogen) atoms. The topological polar surface area (TPSA) is 259 Å². The van der Waals surface area contributed by atoms with Gasteiger partial charge in [-0.1, -0.05) is 0 Å². The fourth-order valence-electron chi connectivity index (χ4n) is 3.18. The van der Waals surface area contributed by atoms with Gasteiger partial charge in [0, 0.05) is 35.7 Å². The first-order chi connectivity index (χ1) is 21.5. The molecule has 0 spiro atoms. The van der Waals surface area contributed by atoms with Crippen molar-refractivity contribution in [2.75, 3.05) is 0 Å². The lowest BCUT2D eigenvalue weighted by Gasteiger charge is -2.12. The first-order valence-corrected chi connectivity index (χ1v) is 11.7. The van der Waals surface area contributed by atoms with Crippen LogP contribution < -0.4 is 10.3 Å². The minimum atomic E-state index is -5.25. The number of benzene rings is 2. The van der Waals surface area contributed by atoms with E-state index in [1.807, 2.05) is 6.92 Å². The van der Waals surface area contributed by atoms with E-state index in [2.05, 4.69) is 20.4 Å². The Kier molecular flexibility index (Phi) is 11.0. The van der Waals surface area contributed by atoms with Gasteiger partial charge in [-0.15, -0.1) is 5.10 Å². The highest BCUT2D eigenvalue weighted by Crippen LogP contribution is 2.45. The lowest BCUT2D eigenvalue weighted by Crippen LogP contribution is -2.10. The van der Waals surface area contributed by atoms with Crippen LogP contribution >= 0.6 is 0 Å². The molecular formula is C22H15F7N8O10. The molecule has 2 aromatic carbocycles. The maximum Gasteiger partial charge on any atom is 0.420 e. The number of nitro benzene ring substituents is 4. The maximum absolute atomic E-state index is 13.1. The average Bonchev–Trinajstić information content (AvgIpc) is 3.53. The van der Waals surface area contributed by atoms with Crippen LogP contribution in [0.4, 0.5) is 53.5 Å². The number of aromatic amines is 3. The van der Waals surface area contributed by atoms with Crippen LogP contribution in [0.25, 0.3) is 0 Å². The zero-order valence-corrected chi connectivity index (χ0v) is 22.9. The molecule has 0 saturated carbocycles. The average molecular weight is 684 g/mol. The fourth-order valence-corrected chi connectivity index (χ4v) is 3.18. The Morgan fingerprint density at radius 1 is 0.681 bits per heavy atom. The van der Waals surface area contributed by atoms with Crippen LogP contribution in [-0.4, -0.2) is 40.1 Å². The van der Waals surface area contributed by atoms with E-state index in [0.29, 0.717) is 11.8 Å². The highest BCUT2D eigenvalue weighted by Gasteiger charge is 2.42. The van der Waals surface area contributed by atoms with Gasteiger partial charge in [0.25, 0.3) is 16.9 Å². The fraction of sp³-hybridized carbons (Fsp3) is 0.182. The van der Waals surface area contributed by atoms with Gasteiger partial charge < -0.3 is 9.84 Å². The summed E-state index contributed by atoms with van der Waals surface area (Å²) in [5.41, 5.74) is -7.50. The minimum Gasteiger partial charge on any atom is -0.430 e. The van der Waals surface area contributed by atoms with Gasteiger partial charge in [-0.2, -0.15) is 30.7 Å². The number of alkyl halides is 6. The third-order valence-electron chi connectivity index (χ3n) is 5.14. The Labute approximate surface area is 252 Å². The number of hydrogen-bond acceptors (Lipinski definition) is 11. The maximum atomic E-state index is 13.1. The number of aromatic nitrogens is 4. The number of nitrogens with zero attached hydrogens (tertiary/aromatic N) is 5. The Hall–Kier alpha value is -6.43. The molecule has 0 bridgehead atoms. The van der Waals surface area contributed by atoms with Crippen molar-refractivity contribution in [2.45, 2.75) is 26.2 Å². The van der Waals surface area contributed by atoms with E-state index in [-0.39, 0.29) is 29.6 Å². The highest BCUT2D eigenvalue weighted by atomic mass is 19.4. The minimum absolute atomic E-state index is 0.0718. The van der Waals surface area contributed by atoms with Crippen LogP contribution in [0.5, 0.6) is 11.6 Å². The van der Waals surface area contributed by atoms with Gasteiger partial charge in [0.2, 0.25) is 17.4 Å². The molecule has 0 amide bonds. The number of nitrogens with one attached hydrogen (secondary N) is 3. The Bertz CT molecular complexity index is 1880. The van der Waals surface area contributed by atoms with Crippen molar-refractivity contribution in [3.8, 4) is 11.6 Å². The summed E-state index contributed by atoms with van der Waals surface area (Å²) in [6.45, 7) is 3.35. The second kappa shape index (κ2) is 14.1. The first kappa shape index (κ1) is 36.8. The Morgan fingerprint density at radius 3 is 1.51 bits per heavy atom. The molecule has 0 aliphatic rings. The zero-order chi connectivity index (χ0) is 36.0. The highest BCUT2D eigenvalue weighted by molar-refractivity contribution is 5.60. The largest absolute Gasteiger partial charge is 0.430 e.